The summed E-state index contributed by atoms with van der Waals surface area (Å²) in [7, 11) is 0. The molecule has 0 saturated heterocycles. The molecule has 0 aliphatic carbocycles. The van der Waals surface area contributed by atoms with Gasteiger partial charge >= 0.3 is 11.9 Å². The Labute approximate surface area is 145 Å². The summed E-state index contributed by atoms with van der Waals surface area (Å²) in [5.41, 5.74) is 0.925. The predicted molar refractivity (Wildman–Crippen MR) is 95.3 cm³/mol. The van der Waals surface area contributed by atoms with Gasteiger partial charge in [0.25, 0.3) is 0 Å². The van der Waals surface area contributed by atoms with Crippen molar-refractivity contribution in [3.8, 4) is 0 Å². The van der Waals surface area contributed by atoms with E-state index >= 15 is 0 Å². The molecule has 4 nitrogen and oxygen atoms in total. The SMILES string of the molecule is CCCCCCCOC(=O)c1ccc(C(=O)OCCCCC)cc1. The van der Waals surface area contributed by atoms with Crippen molar-refractivity contribution in [1.82, 2.24) is 0 Å². The van der Waals surface area contributed by atoms with E-state index in [-0.39, 0.29) is 11.9 Å². The van der Waals surface area contributed by atoms with Crippen LogP contribution in [0.3, 0.4) is 0 Å². The van der Waals surface area contributed by atoms with Crippen LogP contribution in [0.2, 0.25) is 0 Å². The van der Waals surface area contributed by atoms with Crippen LogP contribution in [-0.2, 0) is 9.47 Å². The van der Waals surface area contributed by atoms with Crippen LogP contribution >= 0.6 is 0 Å². The molecule has 1 aromatic rings. The van der Waals surface area contributed by atoms with Crippen molar-refractivity contribution in [2.45, 2.75) is 65.2 Å². The molecule has 1 aromatic carbocycles. The molecule has 0 aliphatic heterocycles. The van der Waals surface area contributed by atoms with E-state index in [0.717, 1.165) is 32.1 Å². The van der Waals surface area contributed by atoms with Crippen LogP contribution in [0, 0.1) is 0 Å². The van der Waals surface area contributed by atoms with Crippen LogP contribution in [0.25, 0.3) is 0 Å². The fourth-order valence-corrected chi connectivity index (χ4v) is 2.30. The van der Waals surface area contributed by atoms with E-state index in [4.69, 9.17) is 9.47 Å². The standard InChI is InChI=1S/C20H30O4/c1-3-5-7-8-10-16-24-20(22)18-13-11-17(12-14-18)19(21)23-15-9-6-4-2/h11-14H,3-10,15-16H2,1-2H3. The van der Waals surface area contributed by atoms with Crippen LogP contribution in [-0.4, -0.2) is 25.2 Å². The number of hydrogen-bond donors (Lipinski definition) is 0. The molecular formula is C20H30O4. The summed E-state index contributed by atoms with van der Waals surface area (Å²) in [4.78, 5) is 23.8. The molecule has 0 N–H and O–H groups in total. The molecule has 0 aromatic heterocycles. The van der Waals surface area contributed by atoms with E-state index in [0.29, 0.717) is 24.3 Å². The van der Waals surface area contributed by atoms with Gasteiger partial charge < -0.3 is 9.47 Å². The number of esters is 2. The summed E-state index contributed by atoms with van der Waals surface area (Å²) in [6.07, 6.45) is 8.62. The lowest BCUT2D eigenvalue weighted by atomic mass is 10.1. The predicted octanol–water partition coefficient (Wildman–Crippen LogP) is 5.16. The van der Waals surface area contributed by atoms with Gasteiger partial charge in [0.05, 0.1) is 24.3 Å². The van der Waals surface area contributed by atoms with Gasteiger partial charge in [0, 0.05) is 0 Å². The van der Waals surface area contributed by atoms with Gasteiger partial charge in [0.1, 0.15) is 0 Å². The van der Waals surface area contributed by atoms with Crippen molar-refractivity contribution in [3.05, 3.63) is 35.4 Å². The molecule has 0 saturated carbocycles. The second-order valence-corrected chi connectivity index (χ2v) is 5.97. The van der Waals surface area contributed by atoms with E-state index in [1.54, 1.807) is 24.3 Å². The maximum atomic E-state index is 11.9. The number of carbonyl (C=O) groups is 2. The van der Waals surface area contributed by atoms with Gasteiger partial charge in [-0.2, -0.15) is 0 Å². The number of rotatable bonds is 12. The fraction of sp³-hybridized carbons (Fsp3) is 0.600. The van der Waals surface area contributed by atoms with Crippen LogP contribution in [0.1, 0.15) is 85.9 Å². The number of carbonyl (C=O) groups excluding carboxylic acids is 2. The summed E-state index contributed by atoms with van der Waals surface area (Å²) in [5.74, 6) is -0.685. The third-order valence-electron chi connectivity index (χ3n) is 3.82. The van der Waals surface area contributed by atoms with E-state index in [1.165, 1.54) is 19.3 Å². The number of ether oxygens (including phenoxy) is 2. The third kappa shape index (κ3) is 8.14. The van der Waals surface area contributed by atoms with Crippen molar-refractivity contribution in [2.24, 2.45) is 0 Å². The molecule has 1 rings (SSSR count). The highest BCUT2D eigenvalue weighted by atomic mass is 16.5. The van der Waals surface area contributed by atoms with Crippen molar-refractivity contribution < 1.29 is 19.1 Å². The minimum absolute atomic E-state index is 0.339. The Hall–Kier alpha value is -1.84. The Bertz CT molecular complexity index is 479. The van der Waals surface area contributed by atoms with E-state index in [1.807, 2.05) is 0 Å². The molecule has 0 atom stereocenters. The topological polar surface area (TPSA) is 52.6 Å². The minimum Gasteiger partial charge on any atom is -0.462 e. The molecule has 24 heavy (non-hydrogen) atoms. The Morgan fingerprint density at radius 3 is 1.50 bits per heavy atom. The van der Waals surface area contributed by atoms with Gasteiger partial charge in [-0.25, -0.2) is 9.59 Å². The first kappa shape index (κ1) is 20.2. The van der Waals surface area contributed by atoms with Crippen LogP contribution < -0.4 is 0 Å². The number of unbranched alkanes of at least 4 members (excludes halogenated alkanes) is 6. The summed E-state index contributed by atoms with van der Waals surface area (Å²) in [5, 5.41) is 0. The van der Waals surface area contributed by atoms with E-state index < -0.39 is 0 Å². The van der Waals surface area contributed by atoms with E-state index in [2.05, 4.69) is 13.8 Å². The summed E-state index contributed by atoms with van der Waals surface area (Å²) in [6.45, 7) is 5.16. The van der Waals surface area contributed by atoms with E-state index in [9.17, 15) is 9.59 Å². The van der Waals surface area contributed by atoms with Gasteiger partial charge in [0.2, 0.25) is 0 Å². The van der Waals surface area contributed by atoms with Crippen molar-refractivity contribution in [2.75, 3.05) is 13.2 Å². The molecule has 0 unspecified atom stereocenters. The highest BCUT2D eigenvalue weighted by molar-refractivity contribution is 5.93. The first-order valence-electron chi connectivity index (χ1n) is 9.13. The zero-order valence-electron chi connectivity index (χ0n) is 15.0. The first-order chi connectivity index (χ1) is 11.7. The maximum Gasteiger partial charge on any atom is 0.338 e. The summed E-state index contributed by atoms with van der Waals surface area (Å²) >= 11 is 0. The average Bonchev–Trinajstić information content (AvgIpc) is 2.61. The van der Waals surface area contributed by atoms with Gasteiger partial charge in [-0.3, -0.25) is 0 Å². The van der Waals surface area contributed by atoms with Gasteiger partial charge in [0.15, 0.2) is 0 Å². The Kier molecular flexibility index (Phi) is 10.6. The first-order valence-corrected chi connectivity index (χ1v) is 9.13. The molecule has 0 fully saturated rings. The second-order valence-electron chi connectivity index (χ2n) is 5.97. The average molecular weight is 334 g/mol. The molecule has 4 heteroatoms. The zero-order valence-corrected chi connectivity index (χ0v) is 15.0. The molecular weight excluding hydrogens is 304 g/mol. The molecule has 0 aliphatic rings. The number of hydrogen-bond acceptors (Lipinski definition) is 4. The molecule has 134 valence electrons. The molecule has 0 amide bonds. The summed E-state index contributed by atoms with van der Waals surface area (Å²) < 4.78 is 10.4. The Morgan fingerprint density at radius 2 is 1.04 bits per heavy atom. The second kappa shape index (κ2) is 12.6. The summed E-state index contributed by atoms with van der Waals surface area (Å²) in [6, 6.07) is 6.45. The highest BCUT2D eigenvalue weighted by Gasteiger charge is 2.10. The van der Waals surface area contributed by atoms with Crippen molar-refractivity contribution in [3.63, 3.8) is 0 Å². The molecule has 0 bridgehead atoms. The highest BCUT2D eigenvalue weighted by Crippen LogP contribution is 2.09. The monoisotopic (exact) mass is 334 g/mol. The zero-order chi connectivity index (χ0) is 17.6. The fourth-order valence-electron chi connectivity index (χ4n) is 2.30. The smallest absolute Gasteiger partial charge is 0.338 e. The quantitative estimate of drug-likeness (QED) is 0.391. The van der Waals surface area contributed by atoms with Gasteiger partial charge in [-0.05, 0) is 37.1 Å². The third-order valence-corrected chi connectivity index (χ3v) is 3.82. The normalized spacial score (nSPS) is 10.4. The maximum absolute atomic E-state index is 11.9. The van der Waals surface area contributed by atoms with Crippen LogP contribution in [0.4, 0.5) is 0 Å². The largest absolute Gasteiger partial charge is 0.462 e. The van der Waals surface area contributed by atoms with Gasteiger partial charge in [-0.1, -0.05) is 52.4 Å². The van der Waals surface area contributed by atoms with Crippen molar-refractivity contribution >= 4 is 11.9 Å². The lowest BCUT2D eigenvalue weighted by Crippen LogP contribution is -2.09. The minimum atomic E-state index is -0.345. The number of benzene rings is 1. The molecule has 0 spiro atoms. The van der Waals surface area contributed by atoms with Crippen LogP contribution in [0.5, 0.6) is 0 Å². The Morgan fingerprint density at radius 1 is 0.667 bits per heavy atom. The van der Waals surface area contributed by atoms with Crippen LogP contribution in [0.15, 0.2) is 24.3 Å². The van der Waals surface area contributed by atoms with Crippen molar-refractivity contribution in [1.29, 1.82) is 0 Å². The van der Waals surface area contributed by atoms with Gasteiger partial charge in [-0.15, -0.1) is 0 Å². The Balaban J connectivity index is 2.32. The molecule has 0 heterocycles. The lowest BCUT2D eigenvalue weighted by Gasteiger charge is -2.06. The molecule has 0 radical (unpaired) electrons. The lowest BCUT2D eigenvalue weighted by molar-refractivity contribution is 0.0483.